The fourth-order valence-electron chi connectivity index (χ4n) is 1.54. The van der Waals surface area contributed by atoms with E-state index < -0.39 is 0 Å². The van der Waals surface area contributed by atoms with E-state index in [1.807, 2.05) is 31.2 Å². The first kappa shape index (κ1) is 12.7. The van der Waals surface area contributed by atoms with Crippen molar-refractivity contribution in [3.63, 3.8) is 0 Å². The van der Waals surface area contributed by atoms with E-state index in [2.05, 4.69) is 5.32 Å². The van der Waals surface area contributed by atoms with Crippen LogP contribution in [0.2, 0.25) is 0 Å². The Bertz CT molecular complexity index is 402. The van der Waals surface area contributed by atoms with Crippen LogP contribution in [0.4, 0.5) is 0 Å². The lowest BCUT2D eigenvalue weighted by Gasteiger charge is -2.11. The van der Waals surface area contributed by atoms with Crippen molar-refractivity contribution in [3.8, 4) is 11.5 Å². The Morgan fingerprint density at radius 2 is 1.94 bits per heavy atom. The third-order valence-corrected chi connectivity index (χ3v) is 2.61. The molecule has 4 nitrogen and oxygen atoms in total. The highest BCUT2D eigenvalue weighted by molar-refractivity contribution is 5.78. The minimum Gasteiger partial charge on any atom is -0.490 e. The molecule has 18 heavy (non-hydrogen) atoms. The van der Waals surface area contributed by atoms with Crippen molar-refractivity contribution in [2.75, 3.05) is 13.2 Å². The van der Waals surface area contributed by atoms with Crippen LogP contribution in [0, 0.1) is 0 Å². The van der Waals surface area contributed by atoms with E-state index in [9.17, 15) is 4.79 Å². The Balaban J connectivity index is 1.84. The molecule has 1 aromatic carbocycles. The maximum Gasteiger partial charge on any atom is 0.258 e. The number of carbonyl (C=O) groups excluding carboxylic acids is 1. The molecule has 0 unspecified atom stereocenters. The van der Waals surface area contributed by atoms with Gasteiger partial charge in [0, 0.05) is 6.04 Å². The summed E-state index contributed by atoms with van der Waals surface area (Å²) in [5.41, 5.74) is 0. The summed E-state index contributed by atoms with van der Waals surface area (Å²) in [6.07, 6.45) is 3.11. The first-order valence-corrected chi connectivity index (χ1v) is 6.43. The Hall–Kier alpha value is -1.71. The first-order chi connectivity index (χ1) is 8.79. The number of hydrogen-bond donors (Lipinski definition) is 1. The van der Waals surface area contributed by atoms with E-state index in [0.717, 1.165) is 19.3 Å². The summed E-state index contributed by atoms with van der Waals surface area (Å²) in [7, 11) is 0. The molecule has 1 amide bonds. The third-order valence-electron chi connectivity index (χ3n) is 2.61. The molecule has 0 aliphatic heterocycles. The van der Waals surface area contributed by atoms with E-state index >= 15 is 0 Å². The van der Waals surface area contributed by atoms with Crippen LogP contribution in [0.1, 0.15) is 26.2 Å². The zero-order valence-electron chi connectivity index (χ0n) is 10.6. The number of ether oxygens (including phenoxy) is 2. The van der Waals surface area contributed by atoms with Gasteiger partial charge in [0.15, 0.2) is 18.1 Å². The number of benzene rings is 1. The molecular weight excluding hydrogens is 230 g/mol. The van der Waals surface area contributed by atoms with Crippen molar-refractivity contribution in [1.29, 1.82) is 0 Å². The second kappa shape index (κ2) is 6.28. The number of rotatable bonds is 7. The van der Waals surface area contributed by atoms with E-state index in [4.69, 9.17) is 9.47 Å². The highest BCUT2D eigenvalue weighted by Gasteiger charge is 2.23. The van der Waals surface area contributed by atoms with Crippen LogP contribution < -0.4 is 14.8 Å². The molecule has 1 N–H and O–H groups in total. The van der Waals surface area contributed by atoms with Crippen molar-refractivity contribution in [2.24, 2.45) is 0 Å². The van der Waals surface area contributed by atoms with Crippen LogP contribution in [-0.4, -0.2) is 25.2 Å². The van der Waals surface area contributed by atoms with Gasteiger partial charge in [0.1, 0.15) is 0 Å². The molecule has 0 aromatic heterocycles. The maximum atomic E-state index is 11.5. The number of carbonyl (C=O) groups is 1. The van der Waals surface area contributed by atoms with Crippen LogP contribution in [0.3, 0.4) is 0 Å². The largest absolute Gasteiger partial charge is 0.490 e. The normalized spacial score (nSPS) is 14.1. The van der Waals surface area contributed by atoms with Crippen LogP contribution >= 0.6 is 0 Å². The van der Waals surface area contributed by atoms with Crippen molar-refractivity contribution in [1.82, 2.24) is 5.32 Å². The summed E-state index contributed by atoms with van der Waals surface area (Å²) < 4.78 is 11.0. The Kier molecular flexibility index (Phi) is 4.45. The number of para-hydroxylation sites is 2. The molecule has 0 saturated heterocycles. The van der Waals surface area contributed by atoms with E-state index in [0.29, 0.717) is 24.1 Å². The van der Waals surface area contributed by atoms with Crippen molar-refractivity contribution in [2.45, 2.75) is 32.2 Å². The second-order valence-corrected chi connectivity index (χ2v) is 4.43. The van der Waals surface area contributed by atoms with Gasteiger partial charge in [0.25, 0.3) is 5.91 Å². The van der Waals surface area contributed by atoms with Gasteiger partial charge in [-0.25, -0.2) is 0 Å². The zero-order chi connectivity index (χ0) is 12.8. The molecule has 0 spiro atoms. The highest BCUT2D eigenvalue weighted by Crippen LogP contribution is 2.26. The molecule has 2 rings (SSSR count). The van der Waals surface area contributed by atoms with Crippen molar-refractivity contribution < 1.29 is 14.3 Å². The topological polar surface area (TPSA) is 47.6 Å². The van der Waals surface area contributed by atoms with Gasteiger partial charge in [-0.2, -0.15) is 0 Å². The molecule has 98 valence electrons. The summed E-state index contributed by atoms with van der Waals surface area (Å²) >= 11 is 0. The summed E-state index contributed by atoms with van der Waals surface area (Å²) in [5.74, 6) is 1.25. The van der Waals surface area contributed by atoms with Gasteiger partial charge < -0.3 is 14.8 Å². The Labute approximate surface area is 107 Å². The molecule has 1 aliphatic rings. The molecule has 0 bridgehead atoms. The predicted octanol–water partition coefficient (Wildman–Crippen LogP) is 2.13. The van der Waals surface area contributed by atoms with Gasteiger partial charge in [-0.05, 0) is 31.4 Å². The van der Waals surface area contributed by atoms with Gasteiger partial charge in [0.2, 0.25) is 0 Å². The molecule has 0 heterocycles. The monoisotopic (exact) mass is 249 g/mol. The third kappa shape index (κ3) is 3.95. The van der Waals surface area contributed by atoms with E-state index in [-0.39, 0.29) is 12.5 Å². The number of nitrogens with one attached hydrogen (secondary N) is 1. The lowest BCUT2D eigenvalue weighted by Crippen LogP contribution is -2.30. The molecule has 1 aliphatic carbocycles. The minimum absolute atomic E-state index is 0.0446. The van der Waals surface area contributed by atoms with Crippen LogP contribution in [0.5, 0.6) is 11.5 Å². The van der Waals surface area contributed by atoms with Crippen LogP contribution in [0.15, 0.2) is 24.3 Å². The van der Waals surface area contributed by atoms with Crippen molar-refractivity contribution in [3.05, 3.63) is 24.3 Å². The number of hydrogen-bond acceptors (Lipinski definition) is 3. The number of amides is 1. The van der Waals surface area contributed by atoms with E-state index in [1.54, 1.807) is 0 Å². The standard InChI is InChI=1S/C14H19NO3/c1-2-9-17-12-5-3-4-6-13(12)18-10-14(16)15-11-7-8-11/h3-6,11H,2,7-10H2,1H3,(H,15,16). The smallest absolute Gasteiger partial charge is 0.258 e. The average molecular weight is 249 g/mol. The van der Waals surface area contributed by atoms with Gasteiger partial charge >= 0.3 is 0 Å². The van der Waals surface area contributed by atoms with E-state index in [1.165, 1.54) is 0 Å². The maximum absolute atomic E-state index is 11.5. The van der Waals surface area contributed by atoms with Gasteiger partial charge in [0.05, 0.1) is 6.61 Å². The highest BCUT2D eigenvalue weighted by atomic mass is 16.5. The average Bonchev–Trinajstić information content (AvgIpc) is 3.18. The quantitative estimate of drug-likeness (QED) is 0.805. The summed E-state index contributed by atoms with van der Waals surface area (Å²) in [4.78, 5) is 11.5. The van der Waals surface area contributed by atoms with Crippen LogP contribution in [-0.2, 0) is 4.79 Å². The van der Waals surface area contributed by atoms with Crippen molar-refractivity contribution >= 4 is 5.91 Å². The summed E-state index contributed by atoms with van der Waals surface area (Å²) in [5, 5.41) is 2.88. The van der Waals surface area contributed by atoms with Gasteiger partial charge in [-0.1, -0.05) is 19.1 Å². The van der Waals surface area contributed by atoms with Gasteiger partial charge in [-0.15, -0.1) is 0 Å². The molecule has 0 atom stereocenters. The summed E-state index contributed by atoms with van der Waals surface area (Å²) in [6, 6.07) is 7.79. The fraction of sp³-hybridized carbons (Fsp3) is 0.500. The van der Waals surface area contributed by atoms with Gasteiger partial charge in [-0.3, -0.25) is 4.79 Å². The first-order valence-electron chi connectivity index (χ1n) is 6.43. The Morgan fingerprint density at radius 3 is 2.56 bits per heavy atom. The second-order valence-electron chi connectivity index (χ2n) is 4.43. The molecular formula is C14H19NO3. The fourth-order valence-corrected chi connectivity index (χ4v) is 1.54. The van der Waals surface area contributed by atoms with Crippen LogP contribution in [0.25, 0.3) is 0 Å². The minimum atomic E-state index is -0.0669. The lowest BCUT2D eigenvalue weighted by atomic mass is 10.3. The molecule has 4 heteroatoms. The lowest BCUT2D eigenvalue weighted by molar-refractivity contribution is -0.123. The summed E-state index contributed by atoms with van der Waals surface area (Å²) in [6.45, 7) is 2.74. The molecule has 0 radical (unpaired) electrons. The SMILES string of the molecule is CCCOc1ccccc1OCC(=O)NC1CC1. The zero-order valence-corrected chi connectivity index (χ0v) is 10.6. The molecule has 1 saturated carbocycles. The molecule has 1 fully saturated rings. The Morgan fingerprint density at radius 1 is 1.28 bits per heavy atom. The predicted molar refractivity (Wildman–Crippen MR) is 68.9 cm³/mol. The molecule has 1 aromatic rings.